The third-order valence-electron chi connectivity index (χ3n) is 5.22. The summed E-state index contributed by atoms with van der Waals surface area (Å²) >= 11 is 0. The van der Waals surface area contributed by atoms with Gasteiger partial charge in [0.15, 0.2) is 11.8 Å². The van der Waals surface area contributed by atoms with E-state index in [0.717, 1.165) is 24.8 Å². The van der Waals surface area contributed by atoms with E-state index >= 15 is 0 Å². The van der Waals surface area contributed by atoms with Gasteiger partial charge in [0.25, 0.3) is 0 Å². The van der Waals surface area contributed by atoms with Crippen molar-refractivity contribution in [1.82, 2.24) is 0 Å². The van der Waals surface area contributed by atoms with Gasteiger partial charge < -0.3 is 5.21 Å². The van der Waals surface area contributed by atoms with Gasteiger partial charge in [-0.05, 0) is 36.8 Å². The minimum absolute atomic E-state index is 0.0638. The number of hydrogen-bond donors (Lipinski definition) is 0. The molecule has 20 heavy (non-hydrogen) atoms. The second-order valence-corrected chi connectivity index (χ2v) is 7.39. The van der Waals surface area contributed by atoms with Crippen LogP contribution in [0.4, 0.5) is 0 Å². The number of benzene rings is 1. The second-order valence-electron chi connectivity index (χ2n) is 7.39. The first-order valence-electron chi connectivity index (χ1n) is 7.86. The van der Waals surface area contributed by atoms with Gasteiger partial charge in [-0.15, -0.1) is 0 Å². The normalized spacial score (nSPS) is 23.9. The molecule has 1 saturated carbocycles. The van der Waals surface area contributed by atoms with Crippen LogP contribution in [0.1, 0.15) is 69.1 Å². The number of rotatable bonds is 0. The first-order chi connectivity index (χ1) is 9.43. The molecule has 2 aliphatic rings. The van der Waals surface area contributed by atoms with Crippen molar-refractivity contribution in [2.75, 3.05) is 0 Å². The minimum Gasteiger partial charge on any atom is -0.623 e. The summed E-state index contributed by atoms with van der Waals surface area (Å²) in [7, 11) is 0. The lowest BCUT2D eigenvalue weighted by molar-refractivity contribution is -0.553. The van der Waals surface area contributed by atoms with Crippen LogP contribution in [0.25, 0.3) is 0 Å². The van der Waals surface area contributed by atoms with Crippen molar-refractivity contribution < 1.29 is 4.74 Å². The molecular formula is C18H25NO. The van der Waals surface area contributed by atoms with E-state index in [0.29, 0.717) is 0 Å². The lowest BCUT2D eigenvalue weighted by atomic mass is 9.68. The highest BCUT2D eigenvalue weighted by Crippen LogP contribution is 2.44. The summed E-state index contributed by atoms with van der Waals surface area (Å²) in [5.41, 5.74) is 3.62. The maximum Gasteiger partial charge on any atom is 0.182 e. The number of hydroxylamine groups is 1. The summed E-state index contributed by atoms with van der Waals surface area (Å²) in [4.78, 5) is 0. The summed E-state index contributed by atoms with van der Waals surface area (Å²) in [5, 5.41) is 12.8. The Morgan fingerprint density at radius 1 is 1.10 bits per heavy atom. The fourth-order valence-electron chi connectivity index (χ4n) is 4.23. The molecule has 1 aromatic rings. The van der Waals surface area contributed by atoms with Crippen LogP contribution >= 0.6 is 0 Å². The number of aryl methyl sites for hydroxylation is 1. The van der Waals surface area contributed by atoms with Crippen LogP contribution in [-0.4, -0.2) is 16.5 Å². The Kier molecular flexibility index (Phi) is 3.15. The standard InChI is InChI=1S/C18H25NO/c1-14-7-8-15-12-19(20)18(9-5-4-6-10-18)13-17(2,3)16(15)11-14/h7-8,11-12H,4-6,9-10,13H2,1-3H3. The molecule has 108 valence electrons. The van der Waals surface area contributed by atoms with Gasteiger partial charge in [0.1, 0.15) is 0 Å². The molecule has 1 fully saturated rings. The van der Waals surface area contributed by atoms with Gasteiger partial charge in [-0.25, -0.2) is 4.74 Å². The van der Waals surface area contributed by atoms with Gasteiger partial charge in [-0.1, -0.05) is 38.0 Å². The molecule has 3 rings (SSSR count). The number of fused-ring (bicyclic) bond motifs is 1. The Balaban J connectivity index is 2.12. The molecule has 1 aliphatic carbocycles. The number of hydrogen-bond acceptors (Lipinski definition) is 1. The van der Waals surface area contributed by atoms with Crippen molar-refractivity contribution in [1.29, 1.82) is 0 Å². The van der Waals surface area contributed by atoms with E-state index in [-0.39, 0.29) is 11.0 Å². The van der Waals surface area contributed by atoms with Gasteiger partial charge in [0.05, 0.1) is 0 Å². The third kappa shape index (κ3) is 2.15. The highest BCUT2D eigenvalue weighted by atomic mass is 16.5. The van der Waals surface area contributed by atoms with Crippen LogP contribution in [-0.2, 0) is 5.41 Å². The lowest BCUT2D eigenvalue weighted by Gasteiger charge is -2.39. The van der Waals surface area contributed by atoms with Crippen molar-refractivity contribution in [2.45, 2.75) is 70.3 Å². The Hall–Kier alpha value is -1.31. The van der Waals surface area contributed by atoms with Crippen LogP contribution in [0.5, 0.6) is 0 Å². The van der Waals surface area contributed by atoms with E-state index in [1.165, 1.54) is 35.1 Å². The van der Waals surface area contributed by atoms with E-state index in [9.17, 15) is 5.21 Å². The summed E-state index contributed by atoms with van der Waals surface area (Å²) < 4.78 is 1.30. The zero-order valence-electron chi connectivity index (χ0n) is 12.9. The highest BCUT2D eigenvalue weighted by Gasteiger charge is 2.47. The molecule has 2 nitrogen and oxygen atoms in total. The molecule has 1 spiro atoms. The van der Waals surface area contributed by atoms with Crippen molar-refractivity contribution in [3.63, 3.8) is 0 Å². The molecule has 0 radical (unpaired) electrons. The number of nitrogens with zero attached hydrogens (tertiary/aromatic N) is 1. The van der Waals surface area contributed by atoms with Crippen molar-refractivity contribution in [2.24, 2.45) is 0 Å². The molecule has 0 atom stereocenters. The van der Waals surface area contributed by atoms with Gasteiger partial charge >= 0.3 is 0 Å². The van der Waals surface area contributed by atoms with Crippen LogP contribution in [0, 0.1) is 12.1 Å². The molecular weight excluding hydrogens is 246 g/mol. The van der Waals surface area contributed by atoms with Gasteiger partial charge in [-0.2, -0.15) is 0 Å². The molecule has 0 saturated heterocycles. The molecule has 0 amide bonds. The Bertz CT molecular complexity index is 551. The highest BCUT2D eigenvalue weighted by molar-refractivity contribution is 5.79. The van der Waals surface area contributed by atoms with Crippen molar-refractivity contribution in [3.05, 3.63) is 40.1 Å². The molecule has 0 N–H and O–H groups in total. The third-order valence-corrected chi connectivity index (χ3v) is 5.22. The van der Waals surface area contributed by atoms with E-state index in [1.54, 1.807) is 0 Å². The molecule has 2 heteroatoms. The van der Waals surface area contributed by atoms with Crippen LogP contribution in [0.2, 0.25) is 0 Å². The maximum atomic E-state index is 12.8. The predicted molar refractivity (Wildman–Crippen MR) is 83.4 cm³/mol. The molecule has 0 aromatic heterocycles. The van der Waals surface area contributed by atoms with Gasteiger partial charge in [-0.3, -0.25) is 0 Å². The maximum absolute atomic E-state index is 12.8. The summed E-state index contributed by atoms with van der Waals surface area (Å²) in [5.74, 6) is 0. The first kappa shape index (κ1) is 13.7. The second kappa shape index (κ2) is 4.61. The van der Waals surface area contributed by atoms with Crippen LogP contribution in [0.15, 0.2) is 18.2 Å². The molecule has 0 bridgehead atoms. The van der Waals surface area contributed by atoms with Crippen molar-refractivity contribution >= 4 is 6.21 Å². The fraction of sp³-hybridized carbons (Fsp3) is 0.611. The predicted octanol–water partition coefficient (Wildman–Crippen LogP) is 4.31. The topological polar surface area (TPSA) is 26.1 Å². The smallest absolute Gasteiger partial charge is 0.182 e. The van der Waals surface area contributed by atoms with Crippen LogP contribution < -0.4 is 0 Å². The fourth-order valence-corrected chi connectivity index (χ4v) is 4.23. The summed E-state index contributed by atoms with van der Waals surface area (Å²) in [6.45, 7) is 6.73. The van der Waals surface area contributed by atoms with E-state index < -0.39 is 0 Å². The van der Waals surface area contributed by atoms with E-state index in [2.05, 4.69) is 39.0 Å². The van der Waals surface area contributed by atoms with Gasteiger partial charge in [0, 0.05) is 24.8 Å². The zero-order chi connectivity index (χ0) is 14.4. The zero-order valence-corrected chi connectivity index (χ0v) is 12.9. The van der Waals surface area contributed by atoms with E-state index in [1.807, 2.05) is 6.21 Å². The summed E-state index contributed by atoms with van der Waals surface area (Å²) in [6.07, 6.45) is 8.58. The Morgan fingerprint density at radius 3 is 2.50 bits per heavy atom. The molecule has 1 aromatic carbocycles. The molecule has 1 heterocycles. The van der Waals surface area contributed by atoms with Crippen LogP contribution in [0.3, 0.4) is 0 Å². The lowest BCUT2D eigenvalue weighted by Crippen LogP contribution is -2.45. The SMILES string of the molecule is Cc1ccc2c(c1)C(C)(C)CC1(CCCCC1)[N+]([O-])=C2. The largest absolute Gasteiger partial charge is 0.623 e. The monoisotopic (exact) mass is 271 g/mol. The Morgan fingerprint density at radius 2 is 1.80 bits per heavy atom. The van der Waals surface area contributed by atoms with Crippen molar-refractivity contribution in [3.8, 4) is 0 Å². The first-order valence-corrected chi connectivity index (χ1v) is 7.86. The quantitative estimate of drug-likeness (QED) is 0.510. The minimum atomic E-state index is -0.172. The molecule has 0 unspecified atom stereocenters. The van der Waals surface area contributed by atoms with E-state index in [4.69, 9.17) is 0 Å². The molecule has 1 aliphatic heterocycles. The Labute approximate surface area is 122 Å². The summed E-state index contributed by atoms with van der Waals surface area (Å²) in [6, 6.07) is 6.48. The van der Waals surface area contributed by atoms with Gasteiger partial charge in [0.2, 0.25) is 0 Å². The average molecular weight is 271 g/mol. The average Bonchev–Trinajstić information content (AvgIpc) is 2.47.